The molecule has 3 aromatic rings. The van der Waals surface area contributed by atoms with E-state index in [2.05, 4.69) is 10.7 Å². The Labute approximate surface area is 216 Å². The molecule has 0 saturated carbocycles. The van der Waals surface area contributed by atoms with E-state index in [-0.39, 0.29) is 17.1 Å². The van der Waals surface area contributed by atoms with Gasteiger partial charge in [-0.2, -0.15) is 0 Å². The molecular weight excluding hydrogens is 507 g/mol. The van der Waals surface area contributed by atoms with Crippen LogP contribution >= 0.6 is 23.8 Å². The van der Waals surface area contributed by atoms with Crippen molar-refractivity contribution in [2.24, 2.45) is 0 Å². The van der Waals surface area contributed by atoms with Crippen LogP contribution in [0.1, 0.15) is 16.8 Å². The smallest absolute Gasteiger partial charge is 0.269 e. The summed E-state index contributed by atoms with van der Waals surface area (Å²) >= 11 is 11.4. The van der Waals surface area contributed by atoms with Crippen LogP contribution in [0.3, 0.4) is 0 Å². The summed E-state index contributed by atoms with van der Waals surface area (Å²) in [6, 6.07) is 16.8. The molecular formula is C25H20ClFN4O4S. The highest BCUT2D eigenvalue weighted by Gasteiger charge is 2.45. The van der Waals surface area contributed by atoms with Crippen molar-refractivity contribution in [2.75, 3.05) is 17.3 Å². The summed E-state index contributed by atoms with van der Waals surface area (Å²) in [5.41, 5.74) is 3.69. The van der Waals surface area contributed by atoms with Gasteiger partial charge in [-0.1, -0.05) is 11.6 Å². The van der Waals surface area contributed by atoms with Crippen LogP contribution in [0.4, 0.5) is 15.8 Å². The van der Waals surface area contributed by atoms with Gasteiger partial charge >= 0.3 is 0 Å². The van der Waals surface area contributed by atoms with Crippen molar-refractivity contribution in [1.82, 2.24) is 10.4 Å². The molecule has 0 bridgehead atoms. The van der Waals surface area contributed by atoms with Crippen molar-refractivity contribution in [3.8, 4) is 5.75 Å². The highest BCUT2D eigenvalue weighted by Crippen LogP contribution is 2.27. The fraction of sp³-hybridized carbons (Fsp3) is 0.120. The number of anilines is 2. The zero-order valence-electron chi connectivity index (χ0n) is 18.9. The number of rotatable bonds is 7. The number of thiocarbonyl (C=S) groups is 1. The molecule has 0 unspecified atom stereocenters. The topological polar surface area (TPSA) is 91.0 Å². The van der Waals surface area contributed by atoms with Gasteiger partial charge in [-0.05, 0) is 85.0 Å². The number of hydrazine groups is 1. The van der Waals surface area contributed by atoms with Crippen LogP contribution in [-0.4, -0.2) is 41.0 Å². The van der Waals surface area contributed by atoms with E-state index in [1.165, 1.54) is 48.5 Å². The maximum absolute atomic E-state index is 13.5. The van der Waals surface area contributed by atoms with Crippen LogP contribution in [0.15, 0.2) is 72.8 Å². The van der Waals surface area contributed by atoms with Gasteiger partial charge < -0.3 is 10.1 Å². The molecule has 0 aliphatic carbocycles. The van der Waals surface area contributed by atoms with Crippen LogP contribution < -0.4 is 20.4 Å². The monoisotopic (exact) mass is 526 g/mol. The second kappa shape index (κ2) is 10.7. The number of hydrogen-bond donors (Lipinski definition) is 2. The first-order chi connectivity index (χ1) is 17.3. The summed E-state index contributed by atoms with van der Waals surface area (Å²) < 4.78 is 18.6. The Kier molecular flexibility index (Phi) is 7.47. The van der Waals surface area contributed by atoms with Gasteiger partial charge in [-0.15, -0.1) is 0 Å². The number of nitrogens with zero attached hydrogens (tertiary/aromatic N) is 2. The first kappa shape index (κ1) is 25.1. The molecule has 1 aliphatic rings. The summed E-state index contributed by atoms with van der Waals surface area (Å²) in [6.45, 7) is 0. The molecule has 11 heteroatoms. The van der Waals surface area contributed by atoms with Crippen LogP contribution in [0.5, 0.6) is 5.75 Å². The minimum Gasteiger partial charge on any atom is -0.497 e. The number of halogens is 2. The number of methoxy groups -OCH3 is 1. The zero-order chi connectivity index (χ0) is 25.8. The molecule has 8 nitrogen and oxygen atoms in total. The fourth-order valence-electron chi connectivity index (χ4n) is 3.56. The molecule has 0 radical (unpaired) electrons. The molecule has 184 valence electrons. The van der Waals surface area contributed by atoms with E-state index in [1.54, 1.807) is 36.4 Å². The molecule has 1 saturated heterocycles. The largest absolute Gasteiger partial charge is 0.497 e. The minimum absolute atomic E-state index is 0.0591. The minimum atomic E-state index is -1.14. The highest BCUT2D eigenvalue weighted by molar-refractivity contribution is 7.80. The van der Waals surface area contributed by atoms with Crippen molar-refractivity contribution in [2.45, 2.75) is 12.5 Å². The summed E-state index contributed by atoms with van der Waals surface area (Å²) in [7, 11) is 1.53. The molecule has 1 fully saturated rings. The Balaban J connectivity index is 1.58. The van der Waals surface area contributed by atoms with E-state index in [9.17, 15) is 18.8 Å². The lowest BCUT2D eigenvalue weighted by Crippen LogP contribution is -2.49. The van der Waals surface area contributed by atoms with E-state index >= 15 is 0 Å². The molecule has 3 amide bonds. The van der Waals surface area contributed by atoms with Crippen LogP contribution in [0.2, 0.25) is 5.02 Å². The Morgan fingerprint density at radius 1 is 1.03 bits per heavy atom. The highest BCUT2D eigenvalue weighted by atomic mass is 35.5. The summed E-state index contributed by atoms with van der Waals surface area (Å²) in [5, 5.41) is 4.28. The number of carbonyl (C=O) groups excluding carboxylic acids is 3. The van der Waals surface area contributed by atoms with Gasteiger partial charge in [0.15, 0.2) is 0 Å². The van der Waals surface area contributed by atoms with Crippen LogP contribution in [-0.2, 0) is 9.59 Å². The van der Waals surface area contributed by atoms with Gasteiger partial charge in [-0.3, -0.25) is 24.7 Å². The average molecular weight is 527 g/mol. The molecule has 1 atom stereocenters. The van der Waals surface area contributed by atoms with E-state index in [1.807, 2.05) is 0 Å². The third-order valence-corrected chi connectivity index (χ3v) is 6.01. The first-order valence-electron chi connectivity index (χ1n) is 10.7. The van der Waals surface area contributed by atoms with Gasteiger partial charge in [0.2, 0.25) is 11.0 Å². The molecule has 4 rings (SSSR count). The predicted molar refractivity (Wildman–Crippen MR) is 137 cm³/mol. The van der Waals surface area contributed by atoms with Crippen molar-refractivity contribution < 1.29 is 23.5 Å². The van der Waals surface area contributed by atoms with E-state index in [0.29, 0.717) is 22.1 Å². The number of benzene rings is 3. The zero-order valence-corrected chi connectivity index (χ0v) is 20.5. The van der Waals surface area contributed by atoms with E-state index in [0.717, 1.165) is 4.90 Å². The van der Waals surface area contributed by atoms with Gasteiger partial charge in [0.25, 0.3) is 11.8 Å². The van der Waals surface area contributed by atoms with E-state index < -0.39 is 29.6 Å². The van der Waals surface area contributed by atoms with Gasteiger partial charge in [0.1, 0.15) is 17.6 Å². The van der Waals surface area contributed by atoms with Crippen LogP contribution in [0, 0.1) is 5.82 Å². The van der Waals surface area contributed by atoms with Crippen LogP contribution in [0.25, 0.3) is 0 Å². The van der Waals surface area contributed by atoms with Crippen molar-refractivity contribution in [3.63, 3.8) is 0 Å². The Bertz CT molecular complexity index is 1300. The molecule has 1 aliphatic heterocycles. The normalized spacial score (nSPS) is 15.1. The second-order valence-corrected chi connectivity index (χ2v) is 8.55. The quantitative estimate of drug-likeness (QED) is 0.449. The Hall–Kier alpha value is -4.02. The third-order valence-electron chi connectivity index (χ3n) is 5.38. The van der Waals surface area contributed by atoms with Crippen molar-refractivity contribution >= 4 is 58.0 Å². The maximum atomic E-state index is 13.5. The van der Waals surface area contributed by atoms with E-state index in [4.69, 9.17) is 28.6 Å². The summed E-state index contributed by atoms with van der Waals surface area (Å²) in [5.74, 6) is -1.45. The van der Waals surface area contributed by atoms with Crippen molar-refractivity contribution in [3.05, 3.63) is 89.2 Å². The number of hydrogen-bond acceptors (Lipinski definition) is 5. The fourth-order valence-corrected chi connectivity index (χ4v) is 4.06. The summed E-state index contributed by atoms with van der Waals surface area (Å²) in [6.07, 6.45) is -0.316. The van der Waals surface area contributed by atoms with Crippen molar-refractivity contribution in [1.29, 1.82) is 0 Å². The maximum Gasteiger partial charge on any atom is 0.269 e. The lowest BCUT2D eigenvalue weighted by atomic mass is 10.1. The van der Waals surface area contributed by atoms with Gasteiger partial charge in [-0.25, -0.2) is 9.40 Å². The molecule has 36 heavy (non-hydrogen) atoms. The molecule has 2 N–H and O–H groups in total. The average Bonchev–Trinajstić information content (AvgIpc) is 3.09. The summed E-state index contributed by atoms with van der Waals surface area (Å²) in [4.78, 5) is 40.3. The first-order valence-corrected chi connectivity index (χ1v) is 11.5. The lowest BCUT2D eigenvalue weighted by Gasteiger charge is -2.24. The molecule has 0 aromatic heterocycles. The Morgan fingerprint density at radius 2 is 1.67 bits per heavy atom. The standard InChI is InChI=1S/C25H20ClFN4O4S/c1-35-20-12-8-18(9-13-20)28-22(32)14-21-24(34)30(19-10-6-17(27)7-11-19)25(36)31(21)29-23(33)15-2-4-16(26)5-3-15/h2-13,21H,14H2,1H3,(H,28,32)(H,29,33)/t21-/m1/s1. The lowest BCUT2D eigenvalue weighted by molar-refractivity contribution is -0.124. The predicted octanol–water partition coefficient (Wildman–Crippen LogP) is 4.16. The number of nitrogens with one attached hydrogen (secondary N) is 2. The number of amides is 3. The number of carbonyl (C=O) groups is 3. The second-order valence-electron chi connectivity index (χ2n) is 7.75. The molecule has 1 heterocycles. The Morgan fingerprint density at radius 3 is 2.28 bits per heavy atom. The molecule has 3 aromatic carbocycles. The SMILES string of the molecule is COc1ccc(NC(=O)C[C@@H]2C(=O)N(c3ccc(F)cc3)C(=S)N2NC(=O)c2ccc(Cl)cc2)cc1. The number of ether oxygens (including phenoxy) is 1. The third kappa shape index (κ3) is 5.45. The van der Waals surface area contributed by atoms with Gasteiger partial charge in [0, 0.05) is 16.3 Å². The molecule has 0 spiro atoms. The van der Waals surface area contributed by atoms with Gasteiger partial charge in [0.05, 0.1) is 19.2 Å².